The lowest BCUT2D eigenvalue weighted by molar-refractivity contribution is 0.412. The van der Waals surface area contributed by atoms with E-state index in [2.05, 4.69) is 17.6 Å². The molecule has 0 radical (unpaired) electrons. The first-order chi connectivity index (χ1) is 3.18. The van der Waals surface area contributed by atoms with Gasteiger partial charge in [-0.25, -0.2) is 5.43 Å². The SMILES string of the molecule is CNN(C)C(N)=S. The molecular formula is C3H9N3S. The first-order valence-corrected chi connectivity index (χ1v) is 2.30. The predicted molar refractivity (Wildman–Crippen MR) is 33.6 cm³/mol. The average molecular weight is 119 g/mol. The standard InChI is InChI=1S/C3H9N3S/c1-5-6(2)3(4)7/h5H,1-2H3,(H2,4,7). The Hall–Kier alpha value is -0.350. The molecule has 0 rings (SSSR count). The molecule has 0 aliphatic rings. The van der Waals surface area contributed by atoms with Crippen LogP contribution in [0.25, 0.3) is 0 Å². The zero-order valence-corrected chi connectivity index (χ0v) is 5.25. The van der Waals surface area contributed by atoms with Crippen molar-refractivity contribution < 1.29 is 0 Å². The Labute approximate surface area is 48.4 Å². The topological polar surface area (TPSA) is 41.3 Å². The summed E-state index contributed by atoms with van der Waals surface area (Å²) in [5.41, 5.74) is 7.87. The van der Waals surface area contributed by atoms with Gasteiger partial charge in [0.2, 0.25) is 0 Å². The summed E-state index contributed by atoms with van der Waals surface area (Å²) in [6.45, 7) is 0. The van der Waals surface area contributed by atoms with Gasteiger partial charge in [-0.05, 0) is 12.2 Å². The van der Waals surface area contributed by atoms with Crippen LogP contribution in [0, 0.1) is 0 Å². The van der Waals surface area contributed by atoms with Crippen molar-refractivity contribution in [3.8, 4) is 0 Å². The normalized spacial score (nSPS) is 8.29. The number of nitrogens with one attached hydrogen (secondary N) is 1. The summed E-state index contributed by atoms with van der Waals surface area (Å²) in [5, 5.41) is 1.90. The number of hydrogen-bond acceptors (Lipinski definition) is 2. The van der Waals surface area contributed by atoms with Gasteiger partial charge < -0.3 is 5.73 Å². The fourth-order valence-electron chi connectivity index (χ4n) is 0.110. The molecule has 0 aromatic rings. The molecule has 42 valence electrons. The molecule has 0 aliphatic heterocycles. The maximum atomic E-state index is 5.14. The molecule has 0 aromatic carbocycles. The van der Waals surface area contributed by atoms with E-state index in [4.69, 9.17) is 5.73 Å². The van der Waals surface area contributed by atoms with Crippen LogP contribution in [0.15, 0.2) is 0 Å². The zero-order chi connectivity index (χ0) is 5.86. The maximum Gasteiger partial charge on any atom is 0.180 e. The lowest BCUT2D eigenvalue weighted by Gasteiger charge is -2.12. The Balaban J connectivity index is 3.34. The van der Waals surface area contributed by atoms with Crippen molar-refractivity contribution in [2.45, 2.75) is 0 Å². The number of nitrogens with zero attached hydrogens (tertiary/aromatic N) is 1. The van der Waals surface area contributed by atoms with Gasteiger partial charge in [0, 0.05) is 14.1 Å². The molecule has 7 heavy (non-hydrogen) atoms. The molecule has 0 amide bonds. The van der Waals surface area contributed by atoms with Gasteiger partial charge in [-0.15, -0.1) is 0 Å². The maximum absolute atomic E-state index is 5.14. The highest BCUT2D eigenvalue weighted by atomic mass is 32.1. The van der Waals surface area contributed by atoms with Crippen LogP contribution in [-0.4, -0.2) is 24.2 Å². The highest BCUT2D eigenvalue weighted by molar-refractivity contribution is 7.80. The van der Waals surface area contributed by atoms with Crippen molar-refractivity contribution >= 4 is 17.3 Å². The average Bonchev–Trinajstić information content (AvgIpc) is 1.65. The molecule has 4 heteroatoms. The second kappa shape index (κ2) is 2.76. The molecule has 0 bridgehead atoms. The molecule has 0 saturated carbocycles. The second-order valence-corrected chi connectivity index (χ2v) is 1.54. The summed E-state index contributed by atoms with van der Waals surface area (Å²) in [4.78, 5) is 0. The Kier molecular flexibility index (Phi) is 2.62. The van der Waals surface area contributed by atoms with Crippen LogP contribution in [0.2, 0.25) is 0 Å². The molecule has 0 aliphatic carbocycles. The van der Waals surface area contributed by atoms with Gasteiger partial charge >= 0.3 is 0 Å². The molecule has 3 N–H and O–H groups in total. The van der Waals surface area contributed by atoms with Crippen molar-refractivity contribution in [2.24, 2.45) is 5.73 Å². The summed E-state index contributed by atoms with van der Waals surface area (Å²) >= 11 is 4.56. The molecule has 0 heterocycles. The summed E-state index contributed by atoms with van der Waals surface area (Å²) in [6.07, 6.45) is 0. The number of hydrazine groups is 1. The lowest BCUT2D eigenvalue weighted by Crippen LogP contribution is -2.40. The quantitative estimate of drug-likeness (QED) is 0.353. The fraction of sp³-hybridized carbons (Fsp3) is 0.667. The van der Waals surface area contributed by atoms with E-state index < -0.39 is 0 Å². The summed E-state index contributed by atoms with van der Waals surface area (Å²) < 4.78 is 0. The van der Waals surface area contributed by atoms with Crippen molar-refractivity contribution in [3.05, 3.63) is 0 Å². The second-order valence-electron chi connectivity index (χ2n) is 1.12. The van der Waals surface area contributed by atoms with E-state index in [1.165, 1.54) is 0 Å². The Bertz CT molecular complexity index is 72.6. The van der Waals surface area contributed by atoms with Crippen LogP contribution in [0.4, 0.5) is 0 Å². The van der Waals surface area contributed by atoms with E-state index in [0.29, 0.717) is 5.11 Å². The van der Waals surface area contributed by atoms with E-state index in [0.717, 1.165) is 0 Å². The Morgan fingerprint density at radius 3 is 2.29 bits per heavy atom. The highest BCUT2D eigenvalue weighted by Gasteiger charge is 1.89. The molecule has 0 saturated heterocycles. The molecule has 3 nitrogen and oxygen atoms in total. The minimum absolute atomic E-state index is 0.350. The predicted octanol–water partition coefficient (Wildman–Crippen LogP) is -0.704. The van der Waals surface area contributed by atoms with Gasteiger partial charge in [0.15, 0.2) is 5.11 Å². The van der Waals surface area contributed by atoms with E-state index in [-0.39, 0.29) is 0 Å². The summed E-state index contributed by atoms with van der Waals surface area (Å²) in [7, 11) is 3.50. The molecule has 0 unspecified atom stereocenters. The Morgan fingerprint density at radius 1 is 1.86 bits per heavy atom. The minimum Gasteiger partial charge on any atom is -0.375 e. The van der Waals surface area contributed by atoms with Crippen molar-refractivity contribution in [1.82, 2.24) is 10.4 Å². The number of rotatable bonds is 1. The van der Waals surface area contributed by atoms with Crippen LogP contribution in [0.3, 0.4) is 0 Å². The molecule has 0 fully saturated rings. The third-order valence-electron chi connectivity index (χ3n) is 0.666. The minimum atomic E-state index is 0.350. The van der Waals surface area contributed by atoms with Crippen molar-refractivity contribution in [1.29, 1.82) is 0 Å². The van der Waals surface area contributed by atoms with Gasteiger partial charge in [-0.1, -0.05) is 0 Å². The number of nitrogens with two attached hydrogens (primary N) is 1. The molecule has 0 spiro atoms. The van der Waals surface area contributed by atoms with Crippen LogP contribution in [0.5, 0.6) is 0 Å². The highest BCUT2D eigenvalue weighted by Crippen LogP contribution is 1.68. The van der Waals surface area contributed by atoms with E-state index in [9.17, 15) is 0 Å². The van der Waals surface area contributed by atoms with Gasteiger partial charge in [0.25, 0.3) is 0 Å². The van der Waals surface area contributed by atoms with Crippen LogP contribution in [0.1, 0.15) is 0 Å². The smallest absolute Gasteiger partial charge is 0.180 e. The first-order valence-electron chi connectivity index (χ1n) is 1.89. The molecular weight excluding hydrogens is 110 g/mol. The summed E-state index contributed by atoms with van der Waals surface area (Å²) in [6, 6.07) is 0. The molecule has 0 aromatic heterocycles. The van der Waals surface area contributed by atoms with Crippen LogP contribution < -0.4 is 11.2 Å². The molecule has 0 atom stereocenters. The number of hydrogen-bond donors (Lipinski definition) is 2. The third-order valence-corrected chi connectivity index (χ3v) is 0.940. The van der Waals surface area contributed by atoms with Crippen molar-refractivity contribution in [2.75, 3.05) is 14.1 Å². The lowest BCUT2D eigenvalue weighted by atomic mass is 11.0. The largest absolute Gasteiger partial charge is 0.375 e. The van der Waals surface area contributed by atoms with Gasteiger partial charge in [0.1, 0.15) is 0 Å². The summed E-state index contributed by atoms with van der Waals surface area (Å²) in [5.74, 6) is 0. The van der Waals surface area contributed by atoms with Crippen LogP contribution >= 0.6 is 12.2 Å². The van der Waals surface area contributed by atoms with Crippen LogP contribution in [-0.2, 0) is 0 Å². The van der Waals surface area contributed by atoms with Crippen molar-refractivity contribution in [3.63, 3.8) is 0 Å². The van der Waals surface area contributed by atoms with Gasteiger partial charge in [-0.3, -0.25) is 5.01 Å². The van der Waals surface area contributed by atoms with Gasteiger partial charge in [0.05, 0.1) is 0 Å². The first kappa shape index (κ1) is 6.65. The van der Waals surface area contributed by atoms with E-state index in [1.54, 1.807) is 19.1 Å². The number of thiocarbonyl (C=S) groups is 1. The van der Waals surface area contributed by atoms with E-state index >= 15 is 0 Å². The fourth-order valence-corrected chi connectivity index (χ4v) is 0.201. The Morgan fingerprint density at radius 2 is 2.29 bits per heavy atom. The third kappa shape index (κ3) is 2.36. The van der Waals surface area contributed by atoms with E-state index in [1.807, 2.05) is 0 Å². The zero-order valence-electron chi connectivity index (χ0n) is 4.43. The van der Waals surface area contributed by atoms with Gasteiger partial charge in [-0.2, -0.15) is 0 Å². The monoisotopic (exact) mass is 119 g/mol.